The number of nitrogens with zero attached hydrogens (tertiary/aromatic N) is 1. The van der Waals surface area contributed by atoms with Gasteiger partial charge in [0.15, 0.2) is 0 Å². The molecule has 0 aliphatic rings. The summed E-state index contributed by atoms with van der Waals surface area (Å²) in [4.78, 5) is 4.47. The number of nitrogens with two attached hydrogens (primary N) is 1. The molecule has 1 aromatic heterocycles. The molecule has 1 atom stereocenters. The lowest BCUT2D eigenvalue weighted by Crippen LogP contribution is -2.17. The molecule has 2 nitrogen and oxygen atoms in total. The van der Waals surface area contributed by atoms with Crippen LogP contribution < -0.4 is 5.73 Å². The van der Waals surface area contributed by atoms with Crippen LogP contribution >= 0.6 is 11.3 Å². The lowest BCUT2D eigenvalue weighted by Gasteiger charge is -1.99. The predicted molar refractivity (Wildman–Crippen MR) is 64.9 cm³/mol. The van der Waals surface area contributed by atoms with E-state index >= 15 is 0 Å². The van der Waals surface area contributed by atoms with E-state index in [-0.39, 0.29) is 11.9 Å². The normalized spacial score (nSPS) is 12.7. The van der Waals surface area contributed by atoms with Crippen LogP contribution in [0.2, 0.25) is 0 Å². The summed E-state index contributed by atoms with van der Waals surface area (Å²) in [5.41, 5.74) is 7.65. The Hall–Kier alpha value is -1.26. The van der Waals surface area contributed by atoms with Crippen molar-refractivity contribution in [2.45, 2.75) is 19.4 Å². The van der Waals surface area contributed by atoms with E-state index in [1.807, 2.05) is 12.3 Å². The number of benzene rings is 1. The molecule has 0 amide bonds. The maximum absolute atomic E-state index is 12.7. The average Bonchev–Trinajstić information content (AvgIpc) is 2.66. The Morgan fingerprint density at radius 2 is 2.06 bits per heavy atom. The summed E-state index contributed by atoms with van der Waals surface area (Å²) in [6, 6.07) is 6.49. The maximum atomic E-state index is 12.7. The fourth-order valence-electron chi connectivity index (χ4n) is 1.46. The number of hydrogen-bond acceptors (Lipinski definition) is 3. The van der Waals surface area contributed by atoms with Crippen molar-refractivity contribution in [1.82, 2.24) is 4.98 Å². The zero-order valence-corrected chi connectivity index (χ0v) is 9.80. The van der Waals surface area contributed by atoms with E-state index in [2.05, 4.69) is 4.98 Å². The number of hydrogen-bond donors (Lipinski definition) is 1. The van der Waals surface area contributed by atoms with Crippen molar-refractivity contribution < 1.29 is 4.39 Å². The van der Waals surface area contributed by atoms with E-state index in [0.717, 1.165) is 22.7 Å². The SMILES string of the molecule is CC(N)Cc1csc(-c2ccc(F)cc2)n1. The van der Waals surface area contributed by atoms with Crippen LogP contribution in [0.15, 0.2) is 29.6 Å². The number of aromatic nitrogens is 1. The largest absolute Gasteiger partial charge is 0.328 e. The molecule has 0 aliphatic heterocycles. The Kier molecular flexibility index (Phi) is 3.31. The molecule has 2 aromatic rings. The first-order chi connectivity index (χ1) is 7.65. The molecule has 2 N–H and O–H groups in total. The minimum atomic E-state index is -0.226. The van der Waals surface area contributed by atoms with Crippen LogP contribution in [-0.2, 0) is 6.42 Å². The lowest BCUT2D eigenvalue weighted by molar-refractivity contribution is 0.628. The first-order valence-corrected chi connectivity index (χ1v) is 5.99. The summed E-state index contributed by atoms with van der Waals surface area (Å²) in [6.45, 7) is 1.96. The molecule has 2 rings (SSSR count). The maximum Gasteiger partial charge on any atom is 0.123 e. The second kappa shape index (κ2) is 4.72. The van der Waals surface area contributed by atoms with Gasteiger partial charge in [-0.25, -0.2) is 9.37 Å². The van der Waals surface area contributed by atoms with Crippen LogP contribution in [-0.4, -0.2) is 11.0 Å². The summed E-state index contributed by atoms with van der Waals surface area (Å²) in [5, 5.41) is 2.91. The van der Waals surface area contributed by atoms with E-state index in [4.69, 9.17) is 5.73 Å². The topological polar surface area (TPSA) is 38.9 Å². The molecule has 0 aliphatic carbocycles. The molecule has 1 heterocycles. The van der Waals surface area contributed by atoms with Gasteiger partial charge >= 0.3 is 0 Å². The van der Waals surface area contributed by atoms with E-state index in [0.29, 0.717) is 0 Å². The van der Waals surface area contributed by atoms with Gasteiger partial charge in [-0.3, -0.25) is 0 Å². The van der Waals surface area contributed by atoms with E-state index in [1.54, 1.807) is 23.5 Å². The fourth-order valence-corrected chi connectivity index (χ4v) is 2.29. The monoisotopic (exact) mass is 236 g/mol. The third-order valence-electron chi connectivity index (χ3n) is 2.17. The van der Waals surface area contributed by atoms with Crippen molar-refractivity contribution >= 4 is 11.3 Å². The minimum absolute atomic E-state index is 0.114. The highest BCUT2D eigenvalue weighted by molar-refractivity contribution is 7.13. The zero-order chi connectivity index (χ0) is 11.5. The first-order valence-electron chi connectivity index (χ1n) is 5.11. The Morgan fingerprint density at radius 1 is 1.38 bits per heavy atom. The van der Waals surface area contributed by atoms with Gasteiger partial charge in [-0.05, 0) is 31.2 Å². The predicted octanol–water partition coefficient (Wildman–Crippen LogP) is 2.84. The molecule has 0 saturated heterocycles. The highest BCUT2D eigenvalue weighted by atomic mass is 32.1. The highest BCUT2D eigenvalue weighted by Gasteiger charge is 2.06. The number of thiazole rings is 1. The first kappa shape index (κ1) is 11.2. The molecule has 0 bridgehead atoms. The second-order valence-electron chi connectivity index (χ2n) is 3.83. The van der Waals surface area contributed by atoms with Crippen LogP contribution in [0.1, 0.15) is 12.6 Å². The Balaban J connectivity index is 2.21. The molecule has 0 saturated carbocycles. The summed E-state index contributed by atoms with van der Waals surface area (Å²) < 4.78 is 12.7. The van der Waals surface area contributed by atoms with Gasteiger partial charge in [0.2, 0.25) is 0 Å². The van der Waals surface area contributed by atoms with Gasteiger partial charge in [-0.15, -0.1) is 11.3 Å². The summed E-state index contributed by atoms with van der Waals surface area (Å²) in [7, 11) is 0. The van der Waals surface area contributed by atoms with E-state index in [1.165, 1.54) is 12.1 Å². The molecule has 1 unspecified atom stereocenters. The standard InChI is InChI=1S/C12H13FN2S/c1-8(14)6-11-7-16-12(15-11)9-2-4-10(13)5-3-9/h2-5,7-8H,6,14H2,1H3. The van der Waals surface area contributed by atoms with Gasteiger partial charge in [0, 0.05) is 23.4 Å². The summed E-state index contributed by atoms with van der Waals surface area (Å²) in [5.74, 6) is -0.226. The van der Waals surface area contributed by atoms with E-state index in [9.17, 15) is 4.39 Å². The number of halogens is 1. The van der Waals surface area contributed by atoms with Crippen molar-refractivity contribution in [3.8, 4) is 10.6 Å². The Labute approximate surface area is 97.9 Å². The third kappa shape index (κ3) is 2.65. The Bertz CT molecular complexity index is 462. The van der Waals surface area contributed by atoms with Gasteiger partial charge < -0.3 is 5.73 Å². The molecule has 0 fully saturated rings. The van der Waals surface area contributed by atoms with Crippen LogP contribution in [0.4, 0.5) is 4.39 Å². The third-order valence-corrected chi connectivity index (χ3v) is 3.11. The lowest BCUT2D eigenvalue weighted by atomic mass is 10.2. The minimum Gasteiger partial charge on any atom is -0.328 e. The van der Waals surface area contributed by atoms with Crippen LogP contribution in [0.25, 0.3) is 10.6 Å². The van der Waals surface area contributed by atoms with Crippen molar-refractivity contribution in [1.29, 1.82) is 0 Å². The second-order valence-corrected chi connectivity index (χ2v) is 4.69. The summed E-state index contributed by atoms with van der Waals surface area (Å²) in [6.07, 6.45) is 0.775. The Morgan fingerprint density at radius 3 is 2.69 bits per heavy atom. The van der Waals surface area contributed by atoms with Crippen LogP contribution in [0.5, 0.6) is 0 Å². The van der Waals surface area contributed by atoms with Gasteiger partial charge in [0.25, 0.3) is 0 Å². The molecule has 0 radical (unpaired) electrons. The molecular formula is C12H13FN2S. The molecular weight excluding hydrogens is 223 g/mol. The molecule has 4 heteroatoms. The molecule has 84 valence electrons. The number of rotatable bonds is 3. The van der Waals surface area contributed by atoms with Gasteiger partial charge in [0.1, 0.15) is 10.8 Å². The fraction of sp³-hybridized carbons (Fsp3) is 0.250. The van der Waals surface area contributed by atoms with Gasteiger partial charge in [-0.2, -0.15) is 0 Å². The van der Waals surface area contributed by atoms with Crippen LogP contribution in [0.3, 0.4) is 0 Å². The zero-order valence-electron chi connectivity index (χ0n) is 8.98. The van der Waals surface area contributed by atoms with Crippen molar-refractivity contribution in [2.75, 3.05) is 0 Å². The van der Waals surface area contributed by atoms with Crippen molar-refractivity contribution in [3.63, 3.8) is 0 Å². The molecule has 16 heavy (non-hydrogen) atoms. The van der Waals surface area contributed by atoms with Crippen molar-refractivity contribution in [2.24, 2.45) is 5.73 Å². The van der Waals surface area contributed by atoms with Crippen LogP contribution in [0, 0.1) is 5.82 Å². The highest BCUT2D eigenvalue weighted by Crippen LogP contribution is 2.24. The van der Waals surface area contributed by atoms with Gasteiger partial charge in [0.05, 0.1) is 5.69 Å². The van der Waals surface area contributed by atoms with Gasteiger partial charge in [-0.1, -0.05) is 0 Å². The molecule has 0 spiro atoms. The van der Waals surface area contributed by atoms with E-state index < -0.39 is 0 Å². The van der Waals surface area contributed by atoms with Crippen molar-refractivity contribution in [3.05, 3.63) is 41.2 Å². The average molecular weight is 236 g/mol. The molecule has 1 aromatic carbocycles. The smallest absolute Gasteiger partial charge is 0.123 e. The summed E-state index contributed by atoms with van der Waals surface area (Å²) >= 11 is 1.56. The quantitative estimate of drug-likeness (QED) is 0.890.